The van der Waals surface area contributed by atoms with Gasteiger partial charge < -0.3 is 10.6 Å². The molecule has 2 aliphatic rings. The van der Waals surface area contributed by atoms with Crippen LogP contribution in [0.15, 0.2) is 36.4 Å². The molecule has 0 aliphatic carbocycles. The Morgan fingerprint density at radius 1 is 0.559 bits per heavy atom. The van der Waals surface area contributed by atoms with Crippen molar-refractivity contribution in [2.75, 3.05) is 0 Å². The molecule has 0 saturated carbocycles. The lowest BCUT2D eigenvalue weighted by molar-refractivity contribution is 0.159. The van der Waals surface area contributed by atoms with Crippen molar-refractivity contribution in [1.29, 1.82) is 0 Å². The summed E-state index contributed by atoms with van der Waals surface area (Å²) in [5, 5.41) is 7.34. The van der Waals surface area contributed by atoms with Gasteiger partial charge in [0.15, 0.2) is 0 Å². The third-order valence-electron chi connectivity index (χ3n) is 7.59. The first-order valence-corrected chi connectivity index (χ1v) is 12.7. The number of benzene rings is 2. The number of piperidine rings is 2. The summed E-state index contributed by atoms with van der Waals surface area (Å²) in [6, 6.07) is 10.9. The van der Waals surface area contributed by atoms with Crippen molar-refractivity contribution in [1.82, 2.24) is 10.6 Å². The van der Waals surface area contributed by atoms with Gasteiger partial charge in [-0.25, -0.2) is 8.78 Å². The summed E-state index contributed by atoms with van der Waals surface area (Å²) < 4.78 is 30.7. The van der Waals surface area contributed by atoms with Crippen LogP contribution in [0, 0.1) is 11.6 Å². The van der Waals surface area contributed by atoms with Crippen LogP contribution >= 0.6 is 0 Å². The minimum absolute atomic E-state index is 0.0474. The highest BCUT2D eigenvalue weighted by molar-refractivity contribution is 5.64. The molecule has 4 rings (SSSR count). The zero-order valence-corrected chi connectivity index (χ0v) is 22.2. The Balaban J connectivity index is 1.59. The Labute approximate surface area is 204 Å². The van der Waals surface area contributed by atoms with E-state index in [1.165, 1.54) is 0 Å². The maximum Gasteiger partial charge on any atom is 0.127 e. The van der Waals surface area contributed by atoms with Crippen LogP contribution in [0.4, 0.5) is 8.78 Å². The lowest BCUT2D eigenvalue weighted by Gasteiger charge is -2.47. The van der Waals surface area contributed by atoms with E-state index in [4.69, 9.17) is 0 Å². The van der Waals surface area contributed by atoms with E-state index >= 15 is 8.78 Å². The monoisotopic (exact) mass is 468 g/mol. The lowest BCUT2D eigenvalue weighted by atomic mass is 9.72. The minimum atomic E-state index is -0.192. The molecule has 2 fully saturated rings. The highest BCUT2D eigenvalue weighted by Crippen LogP contribution is 2.42. The van der Waals surface area contributed by atoms with Crippen LogP contribution in [0.5, 0.6) is 0 Å². The number of nitrogens with one attached hydrogen (secondary N) is 2. The van der Waals surface area contributed by atoms with Crippen LogP contribution in [0.2, 0.25) is 0 Å². The van der Waals surface area contributed by atoms with Gasteiger partial charge >= 0.3 is 0 Å². The first-order valence-electron chi connectivity index (χ1n) is 12.7. The number of rotatable bonds is 3. The van der Waals surface area contributed by atoms with E-state index in [1.54, 1.807) is 12.1 Å². The van der Waals surface area contributed by atoms with Gasteiger partial charge in [0.25, 0.3) is 0 Å². The van der Waals surface area contributed by atoms with E-state index in [0.29, 0.717) is 0 Å². The van der Waals surface area contributed by atoms with Gasteiger partial charge in [-0.3, -0.25) is 0 Å². The Hall–Kier alpha value is -1.78. The number of hydrogen-bond donors (Lipinski definition) is 2. The molecule has 0 unspecified atom stereocenters. The minimum Gasteiger partial charge on any atom is -0.307 e. The molecule has 0 spiro atoms. The Bertz CT molecular complexity index is 950. The average molecular weight is 469 g/mol. The molecule has 2 aliphatic heterocycles. The molecular formula is C30H42F2N2. The summed E-state index contributed by atoms with van der Waals surface area (Å²) in [5.74, 6) is -0.0678. The van der Waals surface area contributed by atoms with Gasteiger partial charge in [-0.05, 0) is 127 Å². The van der Waals surface area contributed by atoms with Crippen LogP contribution in [-0.2, 0) is 0 Å². The molecule has 2 heterocycles. The Morgan fingerprint density at radius 3 is 1.12 bits per heavy atom. The smallest absolute Gasteiger partial charge is 0.127 e. The Kier molecular flexibility index (Phi) is 6.26. The van der Waals surface area contributed by atoms with Gasteiger partial charge in [0.2, 0.25) is 0 Å². The lowest BCUT2D eigenvalue weighted by Crippen LogP contribution is -2.57. The van der Waals surface area contributed by atoms with Crippen LogP contribution in [-0.4, -0.2) is 22.2 Å². The van der Waals surface area contributed by atoms with Crippen molar-refractivity contribution in [2.45, 2.75) is 115 Å². The molecule has 0 aromatic heterocycles. The maximum absolute atomic E-state index is 15.3. The molecule has 4 heteroatoms. The van der Waals surface area contributed by atoms with Crippen LogP contribution < -0.4 is 10.6 Å². The van der Waals surface area contributed by atoms with Gasteiger partial charge in [0.05, 0.1) is 0 Å². The second kappa shape index (κ2) is 8.41. The van der Waals surface area contributed by atoms with Crippen molar-refractivity contribution in [3.8, 4) is 11.1 Å². The van der Waals surface area contributed by atoms with E-state index in [0.717, 1.165) is 47.9 Å². The predicted octanol–water partition coefficient (Wildman–Crippen LogP) is 7.68. The predicted molar refractivity (Wildman–Crippen MR) is 138 cm³/mol. The second-order valence-corrected chi connectivity index (χ2v) is 13.5. The molecule has 2 nitrogen and oxygen atoms in total. The second-order valence-electron chi connectivity index (χ2n) is 13.5. The molecule has 0 radical (unpaired) electrons. The van der Waals surface area contributed by atoms with Crippen molar-refractivity contribution in [2.24, 2.45) is 0 Å². The SMILES string of the molecule is CC1(C)CC(c2ccc(-c3ccc(C4CC(C)(C)NC(C)(C)C4)c(F)c3)cc2F)CC(C)(C)N1. The summed E-state index contributed by atoms with van der Waals surface area (Å²) >= 11 is 0. The quantitative estimate of drug-likeness (QED) is 0.483. The largest absolute Gasteiger partial charge is 0.307 e. The zero-order chi connectivity index (χ0) is 25.1. The highest BCUT2D eigenvalue weighted by atomic mass is 19.1. The summed E-state index contributed by atoms with van der Waals surface area (Å²) in [4.78, 5) is 0. The topological polar surface area (TPSA) is 24.1 Å². The van der Waals surface area contributed by atoms with Crippen molar-refractivity contribution in [3.05, 3.63) is 59.2 Å². The van der Waals surface area contributed by atoms with Gasteiger partial charge in [0.1, 0.15) is 11.6 Å². The van der Waals surface area contributed by atoms with E-state index in [-0.39, 0.29) is 45.6 Å². The molecule has 0 atom stereocenters. The zero-order valence-electron chi connectivity index (χ0n) is 22.2. The van der Waals surface area contributed by atoms with Gasteiger partial charge in [0, 0.05) is 22.2 Å². The number of hydrogen-bond acceptors (Lipinski definition) is 2. The molecule has 2 aromatic rings. The normalized spacial score (nSPS) is 24.2. The molecular weight excluding hydrogens is 426 g/mol. The van der Waals surface area contributed by atoms with Crippen LogP contribution in [0.25, 0.3) is 11.1 Å². The summed E-state index contributed by atoms with van der Waals surface area (Å²) in [5.41, 5.74) is 2.80. The first kappa shape index (κ1) is 25.3. The van der Waals surface area contributed by atoms with Crippen molar-refractivity contribution in [3.63, 3.8) is 0 Å². The molecule has 0 amide bonds. The fourth-order valence-corrected chi connectivity index (χ4v) is 7.16. The fourth-order valence-electron chi connectivity index (χ4n) is 7.16. The maximum atomic E-state index is 15.3. The summed E-state index contributed by atoms with van der Waals surface area (Å²) in [6.45, 7) is 17.5. The highest BCUT2D eigenvalue weighted by Gasteiger charge is 2.40. The Morgan fingerprint density at radius 2 is 0.853 bits per heavy atom. The van der Waals surface area contributed by atoms with E-state index in [1.807, 2.05) is 24.3 Å². The number of halogens is 2. The molecule has 2 saturated heterocycles. The van der Waals surface area contributed by atoms with Gasteiger partial charge in [-0.1, -0.05) is 24.3 Å². The first-order chi connectivity index (χ1) is 15.5. The van der Waals surface area contributed by atoms with Gasteiger partial charge in [-0.2, -0.15) is 0 Å². The van der Waals surface area contributed by atoms with E-state index in [2.05, 4.69) is 66.0 Å². The molecule has 0 bridgehead atoms. The molecule has 2 aromatic carbocycles. The third kappa shape index (κ3) is 5.54. The summed E-state index contributed by atoms with van der Waals surface area (Å²) in [6.07, 6.45) is 3.55. The molecule has 186 valence electrons. The molecule has 2 N–H and O–H groups in total. The van der Waals surface area contributed by atoms with Crippen molar-refractivity contribution >= 4 is 0 Å². The summed E-state index contributed by atoms with van der Waals surface area (Å²) in [7, 11) is 0. The van der Waals surface area contributed by atoms with Crippen LogP contribution in [0.1, 0.15) is 104 Å². The standard InChI is InChI=1S/C30H42F2N2/c1-27(2)15-21(16-28(3,4)33-27)23-11-9-19(13-25(23)31)20-10-12-24(26(32)14-20)22-17-29(5,6)34-30(7,8)18-22/h9-14,21-22,33-34H,15-18H2,1-8H3. The average Bonchev–Trinajstić information content (AvgIpc) is 2.62. The third-order valence-corrected chi connectivity index (χ3v) is 7.59. The van der Waals surface area contributed by atoms with Gasteiger partial charge in [-0.15, -0.1) is 0 Å². The van der Waals surface area contributed by atoms with E-state index < -0.39 is 0 Å². The molecule has 34 heavy (non-hydrogen) atoms. The fraction of sp³-hybridized carbons (Fsp3) is 0.600. The van der Waals surface area contributed by atoms with E-state index in [9.17, 15) is 0 Å². The van der Waals surface area contributed by atoms with Crippen LogP contribution in [0.3, 0.4) is 0 Å². The van der Waals surface area contributed by atoms with Crippen molar-refractivity contribution < 1.29 is 8.78 Å².